The molecule has 7 nitrogen and oxygen atoms in total. The first-order chi connectivity index (χ1) is 8.15. The number of aromatic carboxylic acids is 1. The summed E-state index contributed by atoms with van der Waals surface area (Å²) in [6.45, 7) is 6.08. The van der Waals surface area contributed by atoms with E-state index in [-0.39, 0.29) is 11.8 Å². The number of rotatable bonds is 4. The number of morpholine rings is 1. The summed E-state index contributed by atoms with van der Waals surface area (Å²) >= 11 is 0. The van der Waals surface area contributed by atoms with Gasteiger partial charge in [0, 0.05) is 19.6 Å². The lowest BCUT2D eigenvalue weighted by molar-refractivity contribution is -0.0194. The molecule has 1 atom stereocenters. The molecule has 0 bridgehead atoms. The molecule has 94 valence electrons. The molecule has 0 aromatic carbocycles. The van der Waals surface area contributed by atoms with Crippen LogP contribution in [0.15, 0.2) is 6.20 Å². The third-order valence-corrected chi connectivity index (χ3v) is 2.73. The normalized spacial score (nSPS) is 21.6. The maximum absolute atomic E-state index is 10.6. The van der Waals surface area contributed by atoms with Crippen molar-refractivity contribution in [2.75, 3.05) is 26.2 Å². The van der Waals surface area contributed by atoms with Crippen LogP contribution >= 0.6 is 0 Å². The van der Waals surface area contributed by atoms with Crippen LogP contribution in [-0.2, 0) is 11.3 Å². The van der Waals surface area contributed by atoms with Crippen molar-refractivity contribution in [1.82, 2.24) is 19.9 Å². The molecule has 17 heavy (non-hydrogen) atoms. The molecule has 0 saturated carbocycles. The Morgan fingerprint density at radius 1 is 1.65 bits per heavy atom. The molecule has 1 aliphatic rings. The van der Waals surface area contributed by atoms with E-state index in [1.54, 1.807) is 4.68 Å². The monoisotopic (exact) mass is 240 g/mol. The molecule has 1 aromatic heterocycles. The number of aromatic nitrogens is 3. The van der Waals surface area contributed by atoms with Gasteiger partial charge in [-0.2, -0.15) is 0 Å². The van der Waals surface area contributed by atoms with Gasteiger partial charge in [0.05, 0.1) is 25.5 Å². The van der Waals surface area contributed by atoms with E-state index in [1.807, 2.05) is 6.92 Å². The Morgan fingerprint density at radius 3 is 3.12 bits per heavy atom. The lowest BCUT2D eigenvalue weighted by Gasteiger charge is -2.30. The van der Waals surface area contributed by atoms with E-state index in [4.69, 9.17) is 9.84 Å². The van der Waals surface area contributed by atoms with Gasteiger partial charge in [0.15, 0.2) is 5.69 Å². The van der Waals surface area contributed by atoms with Crippen molar-refractivity contribution in [2.45, 2.75) is 19.6 Å². The first kappa shape index (κ1) is 12.0. The van der Waals surface area contributed by atoms with Gasteiger partial charge in [0.25, 0.3) is 0 Å². The van der Waals surface area contributed by atoms with Gasteiger partial charge in [-0.25, -0.2) is 4.79 Å². The quantitative estimate of drug-likeness (QED) is 0.778. The minimum absolute atomic E-state index is 0.0136. The first-order valence-corrected chi connectivity index (χ1v) is 5.62. The minimum Gasteiger partial charge on any atom is -0.476 e. The van der Waals surface area contributed by atoms with Crippen molar-refractivity contribution in [3.05, 3.63) is 11.9 Å². The topological polar surface area (TPSA) is 80.5 Å². The number of hydrogen-bond acceptors (Lipinski definition) is 5. The zero-order valence-corrected chi connectivity index (χ0v) is 9.74. The molecule has 2 heterocycles. The average molecular weight is 240 g/mol. The molecule has 1 unspecified atom stereocenters. The van der Waals surface area contributed by atoms with E-state index < -0.39 is 5.97 Å². The van der Waals surface area contributed by atoms with Crippen molar-refractivity contribution in [1.29, 1.82) is 0 Å². The van der Waals surface area contributed by atoms with Gasteiger partial charge in [0.2, 0.25) is 0 Å². The van der Waals surface area contributed by atoms with Gasteiger partial charge in [-0.05, 0) is 6.92 Å². The van der Waals surface area contributed by atoms with E-state index in [2.05, 4.69) is 15.2 Å². The van der Waals surface area contributed by atoms with Crippen LogP contribution in [-0.4, -0.2) is 63.3 Å². The summed E-state index contributed by atoms with van der Waals surface area (Å²) in [6, 6.07) is 0. The molecule has 0 aliphatic carbocycles. The summed E-state index contributed by atoms with van der Waals surface area (Å²) in [5.41, 5.74) is -0.0136. The molecule has 1 N–H and O–H groups in total. The van der Waals surface area contributed by atoms with Crippen molar-refractivity contribution < 1.29 is 14.6 Å². The first-order valence-electron chi connectivity index (χ1n) is 5.62. The predicted molar refractivity (Wildman–Crippen MR) is 58.8 cm³/mol. The van der Waals surface area contributed by atoms with Crippen LogP contribution < -0.4 is 0 Å². The zero-order valence-electron chi connectivity index (χ0n) is 9.74. The Morgan fingerprint density at radius 2 is 2.47 bits per heavy atom. The van der Waals surface area contributed by atoms with E-state index in [0.29, 0.717) is 6.54 Å². The third-order valence-electron chi connectivity index (χ3n) is 2.73. The van der Waals surface area contributed by atoms with Crippen LogP contribution in [0.2, 0.25) is 0 Å². The van der Waals surface area contributed by atoms with Gasteiger partial charge in [-0.15, -0.1) is 5.10 Å². The summed E-state index contributed by atoms with van der Waals surface area (Å²) in [6.07, 6.45) is 1.71. The van der Waals surface area contributed by atoms with Crippen LogP contribution in [0.1, 0.15) is 17.4 Å². The van der Waals surface area contributed by atoms with E-state index in [0.717, 1.165) is 26.2 Å². The summed E-state index contributed by atoms with van der Waals surface area (Å²) in [5.74, 6) is -1.05. The fourth-order valence-corrected chi connectivity index (χ4v) is 1.84. The maximum atomic E-state index is 10.6. The molecular formula is C10H16N4O3. The molecule has 1 aliphatic heterocycles. The number of hydrogen-bond donors (Lipinski definition) is 1. The number of carboxylic acids is 1. The lowest BCUT2D eigenvalue weighted by Crippen LogP contribution is -2.42. The van der Waals surface area contributed by atoms with Crippen molar-refractivity contribution in [3.8, 4) is 0 Å². The Kier molecular flexibility index (Phi) is 3.70. The largest absolute Gasteiger partial charge is 0.476 e. The standard InChI is InChI=1S/C10H16N4O3/c1-8-6-13(4-5-17-8)2-3-14-7-9(10(15)16)11-12-14/h7-8H,2-6H2,1H3,(H,15,16). The molecule has 0 radical (unpaired) electrons. The molecule has 0 spiro atoms. The SMILES string of the molecule is CC1CN(CCn2cc(C(=O)O)nn2)CCO1. The van der Waals surface area contributed by atoms with E-state index in [9.17, 15) is 4.79 Å². The fraction of sp³-hybridized carbons (Fsp3) is 0.700. The Balaban J connectivity index is 1.82. The Hall–Kier alpha value is -1.47. The smallest absolute Gasteiger partial charge is 0.358 e. The highest BCUT2D eigenvalue weighted by Gasteiger charge is 2.16. The van der Waals surface area contributed by atoms with Gasteiger partial charge in [0.1, 0.15) is 0 Å². The van der Waals surface area contributed by atoms with Crippen LogP contribution in [0.5, 0.6) is 0 Å². The van der Waals surface area contributed by atoms with Crippen molar-refractivity contribution in [2.24, 2.45) is 0 Å². The number of carbonyl (C=O) groups is 1. The molecule has 1 saturated heterocycles. The minimum atomic E-state index is -1.05. The molecule has 7 heteroatoms. The van der Waals surface area contributed by atoms with Crippen LogP contribution in [0.3, 0.4) is 0 Å². The summed E-state index contributed by atoms with van der Waals surface area (Å²) in [7, 11) is 0. The van der Waals surface area contributed by atoms with Gasteiger partial charge in [-0.3, -0.25) is 9.58 Å². The fourth-order valence-electron chi connectivity index (χ4n) is 1.84. The number of carboxylic acid groups (broad SMARTS) is 1. The van der Waals surface area contributed by atoms with Crippen LogP contribution in [0.4, 0.5) is 0 Å². The van der Waals surface area contributed by atoms with Crippen LogP contribution in [0, 0.1) is 0 Å². The maximum Gasteiger partial charge on any atom is 0.358 e. The third kappa shape index (κ3) is 3.24. The highest BCUT2D eigenvalue weighted by molar-refractivity contribution is 5.84. The van der Waals surface area contributed by atoms with E-state index in [1.165, 1.54) is 6.20 Å². The second-order valence-electron chi connectivity index (χ2n) is 4.15. The molecule has 2 rings (SSSR count). The van der Waals surface area contributed by atoms with Gasteiger partial charge >= 0.3 is 5.97 Å². The average Bonchev–Trinajstić information content (AvgIpc) is 2.75. The van der Waals surface area contributed by atoms with Crippen molar-refractivity contribution >= 4 is 5.97 Å². The molecule has 1 fully saturated rings. The number of nitrogens with zero attached hydrogens (tertiary/aromatic N) is 4. The highest BCUT2D eigenvalue weighted by atomic mass is 16.5. The molecule has 1 aromatic rings. The second kappa shape index (κ2) is 5.24. The Bertz CT molecular complexity index is 393. The summed E-state index contributed by atoms with van der Waals surface area (Å²) in [4.78, 5) is 12.9. The zero-order chi connectivity index (χ0) is 12.3. The lowest BCUT2D eigenvalue weighted by atomic mass is 10.3. The molecular weight excluding hydrogens is 224 g/mol. The summed E-state index contributed by atoms with van der Waals surface area (Å²) < 4.78 is 7.00. The van der Waals surface area contributed by atoms with Gasteiger partial charge in [-0.1, -0.05) is 5.21 Å². The van der Waals surface area contributed by atoms with Crippen molar-refractivity contribution in [3.63, 3.8) is 0 Å². The van der Waals surface area contributed by atoms with Gasteiger partial charge < -0.3 is 9.84 Å². The predicted octanol–water partition coefficient (Wildman–Crippen LogP) is -0.303. The highest BCUT2D eigenvalue weighted by Crippen LogP contribution is 2.04. The summed E-state index contributed by atoms with van der Waals surface area (Å²) in [5, 5.41) is 16.0. The second-order valence-corrected chi connectivity index (χ2v) is 4.15. The number of ether oxygens (including phenoxy) is 1. The Labute approximate surface area is 99.0 Å². The molecule has 0 amide bonds. The van der Waals surface area contributed by atoms with Crippen LogP contribution in [0.25, 0.3) is 0 Å². The van der Waals surface area contributed by atoms with E-state index >= 15 is 0 Å².